The Bertz CT molecular complexity index is 444. The van der Waals surface area contributed by atoms with E-state index in [1.54, 1.807) is 25.3 Å². The fourth-order valence-corrected chi connectivity index (χ4v) is 1.76. The summed E-state index contributed by atoms with van der Waals surface area (Å²) in [7, 11) is 0. The highest BCUT2D eigenvalue weighted by atomic mass is 16.3. The zero-order valence-electron chi connectivity index (χ0n) is 12.7. The summed E-state index contributed by atoms with van der Waals surface area (Å²) in [5, 5.41) is 15.6. The van der Waals surface area contributed by atoms with E-state index in [0.717, 1.165) is 12.1 Å². The van der Waals surface area contributed by atoms with E-state index in [1.165, 1.54) is 0 Å². The maximum Gasteiger partial charge on any atom is 0.319 e. The Balaban J connectivity index is 2.39. The number of rotatable bonds is 6. The standard InChI is InChI=1S/C15H25N3O2/c1-11(2)5-7-15(4,20)10-17-14(19)18-13-6-8-16-12(3)9-13/h6,8-9,11,20H,5,7,10H2,1-4H3,(H2,16,17,18,19). The first-order valence-corrected chi connectivity index (χ1v) is 6.98. The lowest BCUT2D eigenvalue weighted by Crippen LogP contribution is -2.42. The summed E-state index contributed by atoms with van der Waals surface area (Å²) in [6.45, 7) is 8.06. The molecule has 5 heteroatoms. The third-order valence-corrected chi connectivity index (χ3v) is 3.04. The topological polar surface area (TPSA) is 74.2 Å². The number of anilines is 1. The van der Waals surface area contributed by atoms with Gasteiger partial charge in [0.1, 0.15) is 0 Å². The average molecular weight is 279 g/mol. The average Bonchev–Trinajstić information content (AvgIpc) is 2.34. The molecule has 0 aliphatic heterocycles. The predicted octanol–water partition coefficient (Wildman–Crippen LogP) is 2.70. The second-order valence-corrected chi connectivity index (χ2v) is 5.92. The number of carbonyl (C=O) groups is 1. The van der Waals surface area contributed by atoms with Crippen molar-refractivity contribution in [3.63, 3.8) is 0 Å². The molecule has 20 heavy (non-hydrogen) atoms. The van der Waals surface area contributed by atoms with E-state index in [9.17, 15) is 9.90 Å². The molecule has 0 aromatic carbocycles. The van der Waals surface area contributed by atoms with Crippen LogP contribution in [0.25, 0.3) is 0 Å². The van der Waals surface area contributed by atoms with Gasteiger partial charge in [0.05, 0.1) is 5.60 Å². The van der Waals surface area contributed by atoms with Gasteiger partial charge >= 0.3 is 6.03 Å². The number of carbonyl (C=O) groups excluding carboxylic acids is 1. The van der Waals surface area contributed by atoms with Crippen molar-refractivity contribution in [2.45, 2.75) is 46.1 Å². The molecule has 0 saturated heterocycles. The summed E-state index contributed by atoms with van der Waals surface area (Å²) in [4.78, 5) is 15.8. The molecule has 1 aromatic heterocycles. The van der Waals surface area contributed by atoms with Crippen LogP contribution in [0.15, 0.2) is 18.3 Å². The van der Waals surface area contributed by atoms with Crippen LogP contribution in [0.1, 0.15) is 39.3 Å². The summed E-state index contributed by atoms with van der Waals surface area (Å²) in [5.41, 5.74) is 0.652. The molecule has 112 valence electrons. The highest BCUT2D eigenvalue weighted by molar-refractivity contribution is 5.89. The Morgan fingerprint density at radius 2 is 2.20 bits per heavy atom. The largest absolute Gasteiger partial charge is 0.388 e. The van der Waals surface area contributed by atoms with Gasteiger partial charge in [-0.2, -0.15) is 0 Å². The van der Waals surface area contributed by atoms with Crippen molar-refractivity contribution in [3.8, 4) is 0 Å². The summed E-state index contributed by atoms with van der Waals surface area (Å²) >= 11 is 0. The van der Waals surface area contributed by atoms with E-state index in [1.807, 2.05) is 6.92 Å². The van der Waals surface area contributed by atoms with Gasteiger partial charge < -0.3 is 15.7 Å². The minimum Gasteiger partial charge on any atom is -0.388 e. The normalized spacial score (nSPS) is 13.9. The van der Waals surface area contributed by atoms with E-state index < -0.39 is 5.60 Å². The number of hydrogen-bond donors (Lipinski definition) is 3. The SMILES string of the molecule is Cc1cc(NC(=O)NCC(C)(O)CCC(C)C)ccn1. The molecular formula is C15H25N3O2. The summed E-state index contributed by atoms with van der Waals surface area (Å²) < 4.78 is 0. The predicted molar refractivity (Wildman–Crippen MR) is 80.7 cm³/mol. The van der Waals surface area contributed by atoms with Crippen molar-refractivity contribution in [1.82, 2.24) is 10.3 Å². The van der Waals surface area contributed by atoms with Gasteiger partial charge in [0.25, 0.3) is 0 Å². The second kappa shape index (κ2) is 7.24. The molecule has 1 atom stereocenters. The Kier molecular flexibility index (Phi) is 5.95. The number of aryl methyl sites for hydroxylation is 1. The van der Waals surface area contributed by atoms with Crippen LogP contribution in [-0.4, -0.2) is 28.3 Å². The summed E-state index contributed by atoms with van der Waals surface area (Å²) in [6.07, 6.45) is 3.24. The van der Waals surface area contributed by atoms with Crippen LogP contribution in [0.4, 0.5) is 10.5 Å². The quantitative estimate of drug-likeness (QED) is 0.749. The number of amides is 2. The van der Waals surface area contributed by atoms with Gasteiger partial charge in [0.15, 0.2) is 0 Å². The number of pyridine rings is 1. The minimum absolute atomic E-state index is 0.232. The maximum absolute atomic E-state index is 11.8. The fourth-order valence-electron chi connectivity index (χ4n) is 1.76. The van der Waals surface area contributed by atoms with Gasteiger partial charge in [-0.1, -0.05) is 13.8 Å². The number of nitrogens with zero attached hydrogens (tertiary/aromatic N) is 1. The Morgan fingerprint density at radius 3 is 2.80 bits per heavy atom. The molecule has 0 saturated carbocycles. The molecule has 1 aromatic rings. The van der Waals surface area contributed by atoms with Crippen LogP contribution in [0, 0.1) is 12.8 Å². The van der Waals surface area contributed by atoms with Crippen LogP contribution in [0.5, 0.6) is 0 Å². The van der Waals surface area contributed by atoms with Crippen LogP contribution in [0.3, 0.4) is 0 Å². The van der Waals surface area contributed by atoms with E-state index in [2.05, 4.69) is 29.5 Å². The Hall–Kier alpha value is -1.62. The van der Waals surface area contributed by atoms with E-state index in [0.29, 0.717) is 18.0 Å². The molecule has 0 aliphatic rings. The molecule has 0 aliphatic carbocycles. The molecule has 0 spiro atoms. The monoisotopic (exact) mass is 279 g/mol. The number of aromatic nitrogens is 1. The number of aliphatic hydroxyl groups is 1. The van der Waals surface area contributed by atoms with Gasteiger partial charge in [-0.3, -0.25) is 4.98 Å². The van der Waals surface area contributed by atoms with Crippen LogP contribution in [-0.2, 0) is 0 Å². The lowest BCUT2D eigenvalue weighted by Gasteiger charge is -2.24. The third kappa shape index (κ3) is 6.52. The van der Waals surface area contributed by atoms with Crippen LogP contribution < -0.4 is 10.6 Å². The smallest absolute Gasteiger partial charge is 0.319 e. The summed E-state index contributed by atoms with van der Waals surface area (Å²) in [6, 6.07) is 3.19. The molecule has 5 nitrogen and oxygen atoms in total. The van der Waals surface area contributed by atoms with Crippen molar-refractivity contribution in [2.75, 3.05) is 11.9 Å². The molecule has 3 N–H and O–H groups in total. The third-order valence-electron chi connectivity index (χ3n) is 3.04. The van der Waals surface area contributed by atoms with Gasteiger partial charge in [0, 0.05) is 24.1 Å². The van der Waals surface area contributed by atoms with Crippen LogP contribution in [0.2, 0.25) is 0 Å². The molecule has 1 rings (SSSR count). The lowest BCUT2D eigenvalue weighted by molar-refractivity contribution is 0.0481. The van der Waals surface area contributed by atoms with E-state index >= 15 is 0 Å². The van der Waals surface area contributed by atoms with Crippen molar-refractivity contribution in [2.24, 2.45) is 5.92 Å². The Morgan fingerprint density at radius 1 is 1.50 bits per heavy atom. The van der Waals surface area contributed by atoms with Gasteiger partial charge in [-0.15, -0.1) is 0 Å². The van der Waals surface area contributed by atoms with Crippen molar-refractivity contribution >= 4 is 11.7 Å². The van der Waals surface area contributed by atoms with Crippen LogP contribution >= 0.6 is 0 Å². The first-order valence-electron chi connectivity index (χ1n) is 6.98. The molecular weight excluding hydrogens is 254 g/mol. The highest BCUT2D eigenvalue weighted by Crippen LogP contribution is 2.15. The molecule has 2 amide bonds. The highest BCUT2D eigenvalue weighted by Gasteiger charge is 2.21. The van der Waals surface area contributed by atoms with Crippen molar-refractivity contribution in [1.29, 1.82) is 0 Å². The Labute approximate surface area is 120 Å². The van der Waals surface area contributed by atoms with E-state index in [4.69, 9.17) is 0 Å². The number of nitrogens with one attached hydrogen (secondary N) is 2. The lowest BCUT2D eigenvalue weighted by atomic mass is 9.95. The first-order chi connectivity index (χ1) is 9.28. The molecule has 0 bridgehead atoms. The van der Waals surface area contributed by atoms with E-state index in [-0.39, 0.29) is 12.6 Å². The van der Waals surface area contributed by atoms with Crippen molar-refractivity contribution < 1.29 is 9.90 Å². The second-order valence-electron chi connectivity index (χ2n) is 5.92. The minimum atomic E-state index is -0.879. The van der Waals surface area contributed by atoms with Gasteiger partial charge in [-0.05, 0) is 44.7 Å². The fraction of sp³-hybridized carbons (Fsp3) is 0.600. The molecule has 1 heterocycles. The maximum atomic E-state index is 11.8. The zero-order chi connectivity index (χ0) is 15.2. The molecule has 1 unspecified atom stereocenters. The van der Waals surface area contributed by atoms with Gasteiger partial charge in [-0.25, -0.2) is 4.79 Å². The van der Waals surface area contributed by atoms with Gasteiger partial charge in [0.2, 0.25) is 0 Å². The number of hydrogen-bond acceptors (Lipinski definition) is 3. The first kappa shape index (κ1) is 16.4. The molecule has 0 fully saturated rings. The number of urea groups is 1. The van der Waals surface area contributed by atoms with Crippen molar-refractivity contribution in [3.05, 3.63) is 24.0 Å². The summed E-state index contributed by atoms with van der Waals surface area (Å²) in [5.74, 6) is 0.537. The zero-order valence-corrected chi connectivity index (χ0v) is 12.7. The molecule has 0 radical (unpaired) electrons.